The van der Waals surface area contributed by atoms with E-state index in [1.54, 1.807) is 11.6 Å². The quantitative estimate of drug-likeness (QED) is 0.556. The molecule has 1 aliphatic rings. The highest BCUT2D eigenvalue weighted by Gasteiger charge is 2.07. The first-order valence-electron chi connectivity index (χ1n) is 7.10. The Bertz CT molecular complexity index is 431. The first-order valence-corrected chi connectivity index (χ1v) is 8.15. The van der Waals surface area contributed by atoms with E-state index >= 15 is 0 Å². The molecular formula is C15H21F2NOS. The predicted octanol–water partition coefficient (Wildman–Crippen LogP) is 4.72. The van der Waals surface area contributed by atoms with Gasteiger partial charge < -0.3 is 9.73 Å². The van der Waals surface area contributed by atoms with Crippen LogP contribution in [0.25, 0.3) is 0 Å². The molecule has 2 rings (SSSR count). The number of hydrogen-bond donors (Lipinski definition) is 1. The van der Waals surface area contributed by atoms with E-state index in [1.165, 1.54) is 25.7 Å². The van der Waals surface area contributed by atoms with Crippen LogP contribution >= 0.6 is 11.8 Å². The van der Waals surface area contributed by atoms with E-state index in [-0.39, 0.29) is 5.75 Å². The fraction of sp³-hybridized carbons (Fsp3) is 0.600. The van der Waals surface area contributed by atoms with E-state index in [4.69, 9.17) is 4.42 Å². The molecule has 0 saturated heterocycles. The molecule has 2 nitrogen and oxygen atoms in total. The molecule has 1 aromatic heterocycles. The molecule has 0 aromatic carbocycles. The molecule has 0 saturated carbocycles. The number of furan rings is 1. The van der Waals surface area contributed by atoms with E-state index in [0.29, 0.717) is 24.1 Å². The molecule has 20 heavy (non-hydrogen) atoms. The highest BCUT2D eigenvalue weighted by Crippen LogP contribution is 2.21. The normalized spacial score (nSPS) is 15.7. The third-order valence-electron chi connectivity index (χ3n) is 3.38. The minimum atomic E-state index is -2.34. The number of thioether (sulfide) groups is 1. The number of rotatable bonds is 8. The van der Waals surface area contributed by atoms with Crippen LogP contribution in [0.15, 0.2) is 28.2 Å². The van der Waals surface area contributed by atoms with E-state index in [0.717, 1.165) is 18.7 Å². The summed E-state index contributed by atoms with van der Waals surface area (Å²) in [6.45, 7) is 1.60. The summed E-state index contributed by atoms with van der Waals surface area (Å²) >= 11 is 0.590. The van der Waals surface area contributed by atoms with Gasteiger partial charge in [0.05, 0.1) is 12.3 Å². The van der Waals surface area contributed by atoms with Crippen molar-refractivity contribution < 1.29 is 13.2 Å². The van der Waals surface area contributed by atoms with Crippen molar-refractivity contribution in [2.75, 3.05) is 6.54 Å². The molecule has 1 heterocycles. The standard InChI is InChI=1S/C15H21F2NOS/c16-15(17)20-11-14-7-6-13(19-14)10-18-9-8-12-4-2-1-3-5-12/h4,6-7,15,18H,1-3,5,8-11H2. The van der Waals surface area contributed by atoms with Gasteiger partial charge in [0.15, 0.2) is 0 Å². The van der Waals surface area contributed by atoms with Gasteiger partial charge in [-0.2, -0.15) is 8.78 Å². The van der Waals surface area contributed by atoms with Crippen LogP contribution in [0.4, 0.5) is 8.78 Å². The second kappa shape index (κ2) is 8.47. The van der Waals surface area contributed by atoms with Crippen molar-refractivity contribution in [1.82, 2.24) is 5.32 Å². The van der Waals surface area contributed by atoms with Gasteiger partial charge in [0.2, 0.25) is 0 Å². The van der Waals surface area contributed by atoms with Crippen molar-refractivity contribution in [2.45, 2.75) is 50.2 Å². The summed E-state index contributed by atoms with van der Waals surface area (Å²) in [7, 11) is 0. The zero-order valence-corrected chi connectivity index (χ0v) is 12.4. The van der Waals surface area contributed by atoms with Crippen LogP contribution in [-0.2, 0) is 12.3 Å². The average Bonchev–Trinajstić information content (AvgIpc) is 2.90. The highest BCUT2D eigenvalue weighted by atomic mass is 32.2. The summed E-state index contributed by atoms with van der Waals surface area (Å²) in [5, 5.41) is 3.34. The molecule has 0 aliphatic heterocycles. The van der Waals surface area contributed by atoms with Gasteiger partial charge in [-0.1, -0.05) is 23.4 Å². The van der Waals surface area contributed by atoms with Crippen LogP contribution < -0.4 is 5.32 Å². The Hall–Kier alpha value is -0.810. The topological polar surface area (TPSA) is 25.2 Å². The number of halogens is 2. The van der Waals surface area contributed by atoms with Gasteiger partial charge in [-0.05, 0) is 50.8 Å². The molecule has 5 heteroatoms. The van der Waals surface area contributed by atoms with Crippen LogP contribution in [0, 0.1) is 0 Å². The second-order valence-corrected chi connectivity index (χ2v) is 5.95. The Morgan fingerprint density at radius 3 is 2.85 bits per heavy atom. The monoisotopic (exact) mass is 301 g/mol. The van der Waals surface area contributed by atoms with Crippen LogP contribution in [0.5, 0.6) is 0 Å². The van der Waals surface area contributed by atoms with E-state index in [2.05, 4.69) is 11.4 Å². The average molecular weight is 301 g/mol. The Kier molecular flexibility index (Phi) is 6.60. The molecule has 0 amide bonds. The van der Waals surface area contributed by atoms with Gasteiger partial charge in [0.25, 0.3) is 5.76 Å². The van der Waals surface area contributed by atoms with Crippen LogP contribution in [0.2, 0.25) is 0 Å². The largest absolute Gasteiger partial charge is 0.464 e. The first kappa shape index (κ1) is 15.6. The van der Waals surface area contributed by atoms with Crippen molar-refractivity contribution in [3.05, 3.63) is 35.3 Å². The Morgan fingerprint density at radius 1 is 1.25 bits per heavy atom. The van der Waals surface area contributed by atoms with Gasteiger partial charge in [0, 0.05) is 0 Å². The van der Waals surface area contributed by atoms with Crippen molar-refractivity contribution >= 4 is 11.8 Å². The summed E-state index contributed by atoms with van der Waals surface area (Å²) in [6, 6.07) is 3.63. The van der Waals surface area contributed by atoms with E-state index in [9.17, 15) is 8.78 Å². The molecule has 0 fully saturated rings. The van der Waals surface area contributed by atoms with Crippen LogP contribution in [-0.4, -0.2) is 12.3 Å². The summed E-state index contributed by atoms with van der Waals surface area (Å²) in [5.74, 6) is -0.690. The van der Waals surface area contributed by atoms with E-state index < -0.39 is 5.76 Å². The Morgan fingerprint density at radius 2 is 2.10 bits per heavy atom. The minimum absolute atomic E-state index is 0.227. The van der Waals surface area contributed by atoms with Crippen LogP contribution in [0.3, 0.4) is 0 Å². The summed E-state index contributed by atoms with van der Waals surface area (Å²) in [5.41, 5.74) is 1.55. The predicted molar refractivity (Wildman–Crippen MR) is 78.9 cm³/mol. The molecule has 0 radical (unpaired) electrons. The van der Waals surface area contributed by atoms with Crippen molar-refractivity contribution in [3.8, 4) is 0 Å². The molecule has 0 unspecified atom stereocenters. The number of hydrogen-bond acceptors (Lipinski definition) is 3. The summed E-state index contributed by atoms with van der Waals surface area (Å²) < 4.78 is 29.6. The number of allylic oxidation sites excluding steroid dienone is 1. The SMILES string of the molecule is FC(F)SCc1ccc(CNCCC2=CCCCC2)o1. The van der Waals surface area contributed by atoms with Gasteiger partial charge >= 0.3 is 0 Å². The van der Waals surface area contributed by atoms with Gasteiger partial charge in [0.1, 0.15) is 11.5 Å². The lowest BCUT2D eigenvalue weighted by Crippen LogP contribution is -2.15. The highest BCUT2D eigenvalue weighted by molar-refractivity contribution is 7.98. The summed E-state index contributed by atoms with van der Waals surface area (Å²) in [6.07, 6.45) is 8.54. The molecule has 1 N–H and O–H groups in total. The lowest BCUT2D eigenvalue weighted by molar-refractivity contribution is 0.251. The molecule has 0 atom stereocenters. The second-order valence-electron chi connectivity index (χ2n) is 4.97. The molecule has 1 aliphatic carbocycles. The van der Waals surface area contributed by atoms with E-state index in [1.807, 2.05) is 6.07 Å². The molecular weight excluding hydrogens is 280 g/mol. The Labute approximate surface area is 123 Å². The van der Waals surface area contributed by atoms with Crippen molar-refractivity contribution in [1.29, 1.82) is 0 Å². The molecule has 0 spiro atoms. The third kappa shape index (κ3) is 5.67. The lowest BCUT2D eigenvalue weighted by Gasteiger charge is -2.12. The fourth-order valence-corrected chi connectivity index (χ4v) is 2.78. The Balaban J connectivity index is 1.62. The number of alkyl halides is 2. The smallest absolute Gasteiger partial charge is 0.284 e. The van der Waals surface area contributed by atoms with Crippen molar-refractivity contribution in [2.24, 2.45) is 0 Å². The van der Waals surface area contributed by atoms with Gasteiger partial charge in [-0.15, -0.1) is 0 Å². The maximum atomic E-state index is 12.1. The van der Waals surface area contributed by atoms with Crippen molar-refractivity contribution in [3.63, 3.8) is 0 Å². The summed E-state index contributed by atoms with van der Waals surface area (Å²) in [4.78, 5) is 0. The third-order valence-corrected chi connectivity index (χ3v) is 4.08. The molecule has 112 valence electrons. The maximum absolute atomic E-state index is 12.1. The fourth-order valence-electron chi connectivity index (χ4n) is 2.33. The number of nitrogens with one attached hydrogen (secondary N) is 1. The molecule has 1 aromatic rings. The lowest BCUT2D eigenvalue weighted by atomic mass is 9.97. The first-order chi connectivity index (χ1) is 9.74. The zero-order chi connectivity index (χ0) is 14.2. The van der Waals surface area contributed by atoms with Gasteiger partial charge in [-0.25, -0.2) is 0 Å². The maximum Gasteiger partial charge on any atom is 0.284 e. The van der Waals surface area contributed by atoms with Crippen LogP contribution in [0.1, 0.15) is 43.6 Å². The van der Waals surface area contributed by atoms with Gasteiger partial charge in [-0.3, -0.25) is 0 Å². The minimum Gasteiger partial charge on any atom is -0.464 e. The molecule has 0 bridgehead atoms. The zero-order valence-electron chi connectivity index (χ0n) is 11.5.